The number of allylic oxidation sites excluding steroid dienone is 3. The number of aliphatic hydroxyl groups is 3. The van der Waals surface area contributed by atoms with Crippen molar-refractivity contribution in [3.05, 3.63) is 35.5 Å². The molecule has 0 rings (SSSR count). The van der Waals surface area contributed by atoms with E-state index in [0.717, 1.165) is 14.0 Å². The molecule has 0 aromatic rings. The summed E-state index contributed by atoms with van der Waals surface area (Å²) in [5, 5.41) is 27.3. The van der Waals surface area contributed by atoms with Gasteiger partial charge in [0.15, 0.2) is 23.1 Å². The van der Waals surface area contributed by atoms with Crippen LogP contribution in [0.5, 0.6) is 0 Å². The second-order valence-corrected chi connectivity index (χ2v) is 3.09. The second kappa shape index (κ2) is 6.89. The molecule has 98 valence electrons. The Bertz CT molecular complexity index is 454. The number of ketones is 2. The zero-order valence-electron chi connectivity index (χ0n) is 9.71. The first-order valence-electron chi connectivity index (χ1n) is 4.63. The molecule has 0 saturated carbocycles. The number of carbonyl (C=O) groups excluding carboxylic acids is 3. The Kier molecular flexibility index (Phi) is 5.91. The standard InChI is InChI=1S/C11H12O7/c1-6(12)3-8(14)9(15)4-7(13)5-10(16)11(17)18-2/h3-5,14-16H,1-2H3/b8-3-,9-4-,10-5-. The van der Waals surface area contributed by atoms with Gasteiger partial charge in [0.25, 0.3) is 0 Å². The van der Waals surface area contributed by atoms with E-state index >= 15 is 0 Å². The van der Waals surface area contributed by atoms with E-state index in [1.807, 2.05) is 0 Å². The van der Waals surface area contributed by atoms with Gasteiger partial charge in [-0.25, -0.2) is 4.79 Å². The number of rotatable bonds is 5. The van der Waals surface area contributed by atoms with E-state index in [1.54, 1.807) is 0 Å². The molecule has 0 radical (unpaired) electrons. The summed E-state index contributed by atoms with van der Waals surface area (Å²) in [6.07, 6.45) is 1.71. The quantitative estimate of drug-likeness (QED) is 0.285. The second-order valence-electron chi connectivity index (χ2n) is 3.09. The van der Waals surface area contributed by atoms with Gasteiger partial charge in [0.1, 0.15) is 0 Å². The molecule has 0 aliphatic rings. The van der Waals surface area contributed by atoms with Gasteiger partial charge in [-0.15, -0.1) is 0 Å². The van der Waals surface area contributed by atoms with Crippen molar-refractivity contribution >= 4 is 17.5 Å². The van der Waals surface area contributed by atoms with E-state index in [1.165, 1.54) is 0 Å². The van der Waals surface area contributed by atoms with Gasteiger partial charge in [-0.2, -0.15) is 0 Å². The van der Waals surface area contributed by atoms with Crippen LogP contribution in [0, 0.1) is 0 Å². The van der Waals surface area contributed by atoms with E-state index in [0.29, 0.717) is 18.2 Å². The number of esters is 1. The lowest BCUT2D eigenvalue weighted by Gasteiger charge is -1.97. The minimum atomic E-state index is -1.13. The smallest absolute Gasteiger partial charge is 0.373 e. The molecule has 0 aliphatic heterocycles. The minimum Gasteiger partial charge on any atom is -0.504 e. The maximum absolute atomic E-state index is 11.2. The first-order valence-corrected chi connectivity index (χ1v) is 4.63. The first-order chi connectivity index (χ1) is 8.27. The van der Waals surface area contributed by atoms with Crippen molar-refractivity contribution in [2.24, 2.45) is 0 Å². The van der Waals surface area contributed by atoms with Crippen LogP contribution in [0.4, 0.5) is 0 Å². The average Bonchev–Trinajstić information content (AvgIpc) is 2.26. The molecule has 0 amide bonds. The van der Waals surface area contributed by atoms with Crippen molar-refractivity contribution in [2.75, 3.05) is 7.11 Å². The molecule has 18 heavy (non-hydrogen) atoms. The normalized spacial score (nSPS) is 13.1. The summed E-state index contributed by atoms with van der Waals surface area (Å²) >= 11 is 0. The van der Waals surface area contributed by atoms with Crippen molar-refractivity contribution in [3.63, 3.8) is 0 Å². The Morgan fingerprint density at radius 1 is 0.889 bits per heavy atom. The fraction of sp³-hybridized carbons (Fsp3) is 0.182. The van der Waals surface area contributed by atoms with Gasteiger partial charge >= 0.3 is 5.97 Å². The highest BCUT2D eigenvalue weighted by Gasteiger charge is 2.10. The lowest BCUT2D eigenvalue weighted by atomic mass is 10.2. The van der Waals surface area contributed by atoms with E-state index in [2.05, 4.69) is 4.74 Å². The highest BCUT2D eigenvalue weighted by atomic mass is 16.5. The Labute approximate surface area is 102 Å². The van der Waals surface area contributed by atoms with Crippen molar-refractivity contribution in [1.82, 2.24) is 0 Å². The minimum absolute atomic E-state index is 0.489. The van der Waals surface area contributed by atoms with Crippen LogP contribution in [0.1, 0.15) is 6.92 Å². The summed E-state index contributed by atoms with van der Waals surface area (Å²) < 4.78 is 4.12. The molecule has 0 aromatic carbocycles. The Morgan fingerprint density at radius 2 is 1.33 bits per heavy atom. The molecule has 0 heterocycles. The van der Waals surface area contributed by atoms with Crippen LogP contribution in [-0.2, 0) is 19.1 Å². The molecular formula is C11H12O7. The molecule has 0 aliphatic carbocycles. The number of hydrogen-bond acceptors (Lipinski definition) is 7. The van der Waals surface area contributed by atoms with Gasteiger partial charge in [-0.1, -0.05) is 0 Å². The lowest BCUT2D eigenvalue weighted by Crippen LogP contribution is -2.06. The summed E-state index contributed by atoms with van der Waals surface area (Å²) in [4.78, 5) is 32.5. The maximum atomic E-state index is 11.2. The molecule has 0 saturated heterocycles. The predicted octanol–water partition coefficient (Wildman–Crippen LogP) is 0.643. The number of carbonyl (C=O) groups is 3. The van der Waals surface area contributed by atoms with Crippen molar-refractivity contribution in [2.45, 2.75) is 6.92 Å². The molecule has 0 unspecified atom stereocenters. The molecule has 7 heteroatoms. The van der Waals surface area contributed by atoms with Crippen LogP contribution in [0.2, 0.25) is 0 Å². The number of hydrogen-bond donors (Lipinski definition) is 3. The number of methoxy groups -OCH3 is 1. The maximum Gasteiger partial charge on any atom is 0.373 e. The van der Waals surface area contributed by atoms with E-state index < -0.39 is 34.8 Å². The molecule has 7 nitrogen and oxygen atoms in total. The van der Waals surface area contributed by atoms with E-state index in [9.17, 15) is 19.5 Å². The highest BCUT2D eigenvalue weighted by molar-refractivity contribution is 6.04. The molecule has 3 N–H and O–H groups in total. The number of ether oxygens (including phenoxy) is 1. The zero-order valence-corrected chi connectivity index (χ0v) is 9.71. The van der Waals surface area contributed by atoms with Crippen molar-refractivity contribution in [1.29, 1.82) is 0 Å². The molecule has 0 atom stereocenters. The average molecular weight is 256 g/mol. The lowest BCUT2D eigenvalue weighted by molar-refractivity contribution is -0.139. The first kappa shape index (κ1) is 15.4. The molecule has 0 fully saturated rings. The largest absolute Gasteiger partial charge is 0.504 e. The van der Waals surface area contributed by atoms with Crippen LogP contribution in [0.25, 0.3) is 0 Å². The van der Waals surface area contributed by atoms with Gasteiger partial charge in [-0.05, 0) is 6.92 Å². The topological polar surface area (TPSA) is 121 Å². The van der Waals surface area contributed by atoms with Crippen LogP contribution in [-0.4, -0.2) is 40.0 Å². The molecule has 0 bridgehead atoms. The number of aliphatic hydroxyl groups excluding tert-OH is 3. The van der Waals surface area contributed by atoms with Crippen LogP contribution in [0.15, 0.2) is 35.5 Å². The van der Waals surface area contributed by atoms with Gasteiger partial charge in [0.2, 0.25) is 5.76 Å². The molecular weight excluding hydrogens is 244 g/mol. The zero-order chi connectivity index (χ0) is 14.3. The Morgan fingerprint density at radius 3 is 1.78 bits per heavy atom. The fourth-order valence-corrected chi connectivity index (χ4v) is 0.815. The van der Waals surface area contributed by atoms with E-state index in [4.69, 9.17) is 10.2 Å². The third-order valence-corrected chi connectivity index (χ3v) is 1.55. The molecule has 0 spiro atoms. The van der Waals surface area contributed by atoms with E-state index in [-0.39, 0.29) is 0 Å². The molecule has 0 aromatic heterocycles. The van der Waals surface area contributed by atoms with Gasteiger partial charge in [-0.3, -0.25) is 9.59 Å². The van der Waals surface area contributed by atoms with Gasteiger partial charge in [0.05, 0.1) is 7.11 Å². The van der Waals surface area contributed by atoms with Gasteiger partial charge in [0, 0.05) is 18.2 Å². The summed E-state index contributed by atoms with van der Waals surface area (Å²) in [7, 11) is 1.01. The van der Waals surface area contributed by atoms with Crippen molar-refractivity contribution in [3.8, 4) is 0 Å². The SMILES string of the molecule is COC(=O)/C(O)=C/C(=O)/C=C(O)/C(O)=C/C(C)=O. The summed E-state index contributed by atoms with van der Waals surface area (Å²) in [5.74, 6) is -5.26. The summed E-state index contributed by atoms with van der Waals surface area (Å²) in [5.41, 5.74) is 0. The summed E-state index contributed by atoms with van der Waals surface area (Å²) in [6.45, 7) is 1.13. The summed E-state index contributed by atoms with van der Waals surface area (Å²) in [6, 6.07) is 0. The third kappa shape index (κ3) is 5.50. The fourth-order valence-electron chi connectivity index (χ4n) is 0.815. The Balaban J connectivity index is 4.95. The highest BCUT2D eigenvalue weighted by Crippen LogP contribution is 2.03. The Hall–Kier alpha value is -2.57. The third-order valence-electron chi connectivity index (χ3n) is 1.55. The van der Waals surface area contributed by atoms with Crippen molar-refractivity contribution < 1.29 is 34.4 Å². The monoisotopic (exact) mass is 256 g/mol. The van der Waals surface area contributed by atoms with Crippen LogP contribution >= 0.6 is 0 Å². The van der Waals surface area contributed by atoms with Crippen LogP contribution in [0.3, 0.4) is 0 Å². The van der Waals surface area contributed by atoms with Crippen LogP contribution < -0.4 is 0 Å². The van der Waals surface area contributed by atoms with Gasteiger partial charge < -0.3 is 20.1 Å². The predicted molar refractivity (Wildman–Crippen MR) is 59.8 cm³/mol.